The minimum absolute atomic E-state index is 0.411. The molecule has 0 saturated carbocycles. The lowest BCUT2D eigenvalue weighted by atomic mass is 10.3. The standard InChI is InChI=1S/C13H16N4O2S2/c1-11-9-14-10-15-13(11)16-4-6-17(7-5-16)21(18,19)12-3-2-8-20-12/h2-3,8-10H,4-7H2,1H3. The average Bonchev–Trinajstić information content (AvgIpc) is 3.03. The van der Waals surface area contributed by atoms with Crippen molar-refractivity contribution in [3.8, 4) is 0 Å². The molecule has 8 heteroatoms. The van der Waals surface area contributed by atoms with Gasteiger partial charge in [-0.25, -0.2) is 18.4 Å². The van der Waals surface area contributed by atoms with Gasteiger partial charge in [0.15, 0.2) is 0 Å². The number of hydrogen-bond acceptors (Lipinski definition) is 6. The van der Waals surface area contributed by atoms with Gasteiger partial charge in [0, 0.05) is 37.9 Å². The Balaban J connectivity index is 1.73. The highest BCUT2D eigenvalue weighted by Gasteiger charge is 2.29. The van der Waals surface area contributed by atoms with Crippen molar-refractivity contribution >= 4 is 27.2 Å². The maximum Gasteiger partial charge on any atom is 0.252 e. The quantitative estimate of drug-likeness (QED) is 0.853. The first kappa shape index (κ1) is 14.4. The second-order valence-electron chi connectivity index (χ2n) is 4.85. The summed E-state index contributed by atoms with van der Waals surface area (Å²) in [6, 6.07) is 3.42. The minimum atomic E-state index is -3.34. The number of anilines is 1. The van der Waals surface area contributed by atoms with E-state index in [1.54, 1.807) is 28.0 Å². The molecule has 0 radical (unpaired) electrons. The molecule has 0 aromatic carbocycles. The molecule has 1 saturated heterocycles. The maximum atomic E-state index is 12.5. The molecule has 6 nitrogen and oxygen atoms in total. The van der Waals surface area contributed by atoms with Crippen LogP contribution in [-0.2, 0) is 10.0 Å². The molecule has 0 unspecified atom stereocenters. The van der Waals surface area contributed by atoms with E-state index in [2.05, 4.69) is 14.9 Å². The first-order valence-corrected chi connectivity index (χ1v) is 8.96. The average molecular weight is 324 g/mol. The van der Waals surface area contributed by atoms with Crippen LogP contribution in [0.1, 0.15) is 5.56 Å². The van der Waals surface area contributed by atoms with Gasteiger partial charge in [0.05, 0.1) is 0 Å². The Morgan fingerprint density at radius 3 is 2.62 bits per heavy atom. The lowest BCUT2D eigenvalue weighted by molar-refractivity contribution is 0.384. The second-order valence-corrected chi connectivity index (χ2v) is 7.97. The molecule has 1 fully saturated rings. The van der Waals surface area contributed by atoms with Crippen molar-refractivity contribution in [2.45, 2.75) is 11.1 Å². The summed E-state index contributed by atoms with van der Waals surface area (Å²) in [5.74, 6) is 0.887. The van der Waals surface area contributed by atoms with Gasteiger partial charge in [-0.3, -0.25) is 0 Å². The zero-order valence-electron chi connectivity index (χ0n) is 11.6. The van der Waals surface area contributed by atoms with Crippen molar-refractivity contribution in [1.82, 2.24) is 14.3 Å². The number of hydrogen-bond donors (Lipinski definition) is 0. The number of nitrogens with zero attached hydrogens (tertiary/aromatic N) is 4. The summed E-state index contributed by atoms with van der Waals surface area (Å²) in [7, 11) is -3.34. The van der Waals surface area contributed by atoms with Crippen LogP contribution in [0.15, 0.2) is 34.2 Å². The fourth-order valence-electron chi connectivity index (χ4n) is 2.40. The van der Waals surface area contributed by atoms with Gasteiger partial charge in [-0.15, -0.1) is 11.3 Å². The number of aryl methyl sites for hydroxylation is 1. The molecule has 2 aromatic rings. The Morgan fingerprint density at radius 2 is 2.00 bits per heavy atom. The van der Waals surface area contributed by atoms with Crippen molar-refractivity contribution in [1.29, 1.82) is 0 Å². The number of piperazine rings is 1. The van der Waals surface area contributed by atoms with Gasteiger partial charge in [0.1, 0.15) is 16.4 Å². The predicted molar refractivity (Wildman–Crippen MR) is 82.1 cm³/mol. The lowest BCUT2D eigenvalue weighted by Gasteiger charge is -2.34. The summed E-state index contributed by atoms with van der Waals surface area (Å²) in [5.41, 5.74) is 1.01. The molecule has 0 aliphatic carbocycles. The SMILES string of the molecule is Cc1cncnc1N1CCN(S(=O)(=O)c2cccs2)CC1. The van der Waals surface area contributed by atoms with Crippen molar-refractivity contribution in [3.05, 3.63) is 35.6 Å². The molecule has 2 aromatic heterocycles. The van der Waals surface area contributed by atoms with E-state index in [4.69, 9.17) is 0 Å². The smallest absolute Gasteiger partial charge is 0.252 e. The van der Waals surface area contributed by atoms with E-state index < -0.39 is 10.0 Å². The van der Waals surface area contributed by atoms with Crippen LogP contribution in [0.4, 0.5) is 5.82 Å². The van der Waals surface area contributed by atoms with E-state index in [1.807, 2.05) is 6.92 Å². The highest BCUT2D eigenvalue weighted by atomic mass is 32.2. The molecule has 0 bridgehead atoms. The fraction of sp³-hybridized carbons (Fsp3) is 0.385. The zero-order valence-corrected chi connectivity index (χ0v) is 13.3. The molecule has 0 spiro atoms. The molecule has 0 atom stereocenters. The Bertz CT molecular complexity index is 708. The van der Waals surface area contributed by atoms with Crippen LogP contribution in [0.3, 0.4) is 0 Å². The molecule has 0 amide bonds. The molecular weight excluding hydrogens is 308 g/mol. The van der Waals surface area contributed by atoms with Crippen LogP contribution < -0.4 is 4.90 Å². The van der Waals surface area contributed by atoms with Crippen LogP contribution >= 0.6 is 11.3 Å². The molecule has 0 N–H and O–H groups in total. The van der Waals surface area contributed by atoms with Crippen LogP contribution in [-0.4, -0.2) is 48.9 Å². The van der Waals surface area contributed by atoms with Crippen molar-refractivity contribution in [3.63, 3.8) is 0 Å². The summed E-state index contributed by atoms with van der Waals surface area (Å²) < 4.78 is 26.9. The molecule has 1 aliphatic rings. The number of sulfonamides is 1. The highest BCUT2D eigenvalue weighted by Crippen LogP contribution is 2.23. The molecule has 112 valence electrons. The Morgan fingerprint density at radius 1 is 1.24 bits per heavy atom. The van der Waals surface area contributed by atoms with E-state index >= 15 is 0 Å². The van der Waals surface area contributed by atoms with E-state index in [0.29, 0.717) is 30.4 Å². The van der Waals surface area contributed by atoms with Crippen LogP contribution in [0.2, 0.25) is 0 Å². The van der Waals surface area contributed by atoms with Gasteiger partial charge in [0.2, 0.25) is 0 Å². The molecular formula is C13H16N4O2S2. The zero-order chi connectivity index (χ0) is 14.9. The van der Waals surface area contributed by atoms with Crippen molar-refractivity contribution < 1.29 is 8.42 Å². The summed E-state index contributed by atoms with van der Waals surface area (Å²) >= 11 is 1.26. The number of aromatic nitrogens is 2. The highest BCUT2D eigenvalue weighted by molar-refractivity contribution is 7.91. The van der Waals surface area contributed by atoms with Crippen LogP contribution in [0.25, 0.3) is 0 Å². The molecule has 3 heterocycles. The van der Waals surface area contributed by atoms with Gasteiger partial charge in [-0.05, 0) is 18.4 Å². The third-order valence-electron chi connectivity index (χ3n) is 3.49. The maximum absolute atomic E-state index is 12.5. The van der Waals surface area contributed by atoms with E-state index in [-0.39, 0.29) is 0 Å². The number of rotatable bonds is 3. The third kappa shape index (κ3) is 2.78. The van der Waals surface area contributed by atoms with Crippen LogP contribution in [0, 0.1) is 6.92 Å². The lowest BCUT2D eigenvalue weighted by Crippen LogP contribution is -2.49. The second kappa shape index (κ2) is 5.70. The molecule has 3 rings (SSSR count). The predicted octanol–water partition coefficient (Wildman–Crippen LogP) is 1.36. The summed E-state index contributed by atoms with van der Waals surface area (Å²) in [6.45, 7) is 4.20. The third-order valence-corrected chi connectivity index (χ3v) is 6.77. The van der Waals surface area contributed by atoms with Gasteiger partial charge < -0.3 is 4.90 Å². The summed E-state index contributed by atoms with van der Waals surface area (Å²) in [5, 5.41) is 1.79. The Kier molecular flexibility index (Phi) is 3.92. The first-order valence-electron chi connectivity index (χ1n) is 6.64. The molecule has 1 aliphatic heterocycles. The minimum Gasteiger partial charge on any atom is -0.354 e. The number of thiophene rings is 1. The normalized spacial score (nSPS) is 17.1. The van der Waals surface area contributed by atoms with Gasteiger partial charge in [0.25, 0.3) is 10.0 Å². The first-order chi connectivity index (χ1) is 10.1. The van der Waals surface area contributed by atoms with Crippen molar-refractivity contribution in [2.75, 3.05) is 31.1 Å². The fourth-order valence-corrected chi connectivity index (χ4v) is 4.97. The largest absolute Gasteiger partial charge is 0.354 e. The van der Waals surface area contributed by atoms with E-state index in [9.17, 15) is 8.42 Å². The summed E-state index contributed by atoms with van der Waals surface area (Å²) in [4.78, 5) is 10.4. The Hall–Kier alpha value is -1.51. The van der Waals surface area contributed by atoms with Gasteiger partial charge >= 0.3 is 0 Å². The van der Waals surface area contributed by atoms with Gasteiger partial charge in [-0.1, -0.05) is 6.07 Å². The van der Waals surface area contributed by atoms with Crippen molar-refractivity contribution in [2.24, 2.45) is 0 Å². The van der Waals surface area contributed by atoms with E-state index in [1.165, 1.54) is 17.7 Å². The van der Waals surface area contributed by atoms with E-state index in [0.717, 1.165) is 11.4 Å². The summed E-state index contributed by atoms with van der Waals surface area (Å²) in [6.07, 6.45) is 3.30. The Labute approximate surface area is 128 Å². The topological polar surface area (TPSA) is 66.4 Å². The van der Waals surface area contributed by atoms with Crippen LogP contribution in [0.5, 0.6) is 0 Å². The monoisotopic (exact) mass is 324 g/mol. The molecule has 21 heavy (non-hydrogen) atoms. The van der Waals surface area contributed by atoms with Gasteiger partial charge in [-0.2, -0.15) is 4.31 Å².